The van der Waals surface area contributed by atoms with E-state index in [0.717, 1.165) is 5.56 Å². The number of carboxylic acids is 1. The maximum atomic E-state index is 11.6. The molecule has 0 aliphatic heterocycles. The van der Waals surface area contributed by atoms with Crippen molar-refractivity contribution in [3.05, 3.63) is 29.6 Å². The summed E-state index contributed by atoms with van der Waals surface area (Å²) in [7, 11) is 0. The van der Waals surface area contributed by atoms with Crippen LogP contribution in [0.25, 0.3) is 0 Å². The Morgan fingerprint density at radius 1 is 1.21 bits per heavy atom. The topological polar surface area (TPSA) is 108 Å². The van der Waals surface area contributed by atoms with Crippen LogP contribution in [-0.2, 0) is 20.8 Å². The number of pyridine rings is 1. The highest BCUT2D eigenvalue weighted by Gasteiger charge is 2.09. The van der Waals surface area contributed by atoms with E-state index < -0.39 is 18.4 Å². The number of carbonyl (C=O) groups is 3. The molecular formula is C12H15N3O4. The Morgan fingerprint density at radius 2 is 1.89 bits per heavy atom. The highest BCUT2D eigenvalue weighted by Crippen LogP contribution is 2.03. The van der Waals surface area contributed by atoms with Crippen LogP contribution in [0, 0.1) is 6.92 Å². The summed E-state index contributed by atoms with van der Waals surface area (Å²) in [5, 5.41) is 12.9. The van der Waals surface area contributed by atoms with E-state index in [9.17, 15) is 14.4 Å². The Morgan fingerprint density at radius 3 is 2.53 bits per heavy atom. The van der Waals surface area contributed by atoms with E-state index in [1.807, 2.05) is 13.0 Å². The second-order valence-electron chi connectivity index (χ2n) is 3.89. The summed E-state index contributed by atoms with van der Waals surface area (Å²) in [5.74, 6) is -2.02. The van der Waals surface area contributed by atoms with Crippen molar-refractivity contribution in [3.63, 3.8) is 0 Å². The van der Waals surface area contributed by atoms with Gasteiger partial charge in [0.15, 0.2) is 0 Å². The Labute approximate surface area is 110 Å². The van der Waals surface area contributed by atoms with Crippen molar-refractivity contribution in [1.29, 1.82) is 0 Å². The van der Waals surface area contributed by atoms with Crippen molar-refractivity contribution in [3.8, 4) is 0 Å². The van der Waals surface area contributed by atoms with Crippen LogP contribution in [0.5, 0.6) is 0 Å². The number of hydrogen-bond acceptors (Lipinski definition) is 4. The van der Waals surface area contributed by atoms with E-state index in [1.165, 1.54) is 0 Å². The molecule has 2 amide bonds. The lowest BCUT2D eigenvalue weighted by Crippen LogP contribution is -2.39. The smallest absolute Gasteiger partial charge is 0.322 e. The molecule has 0 unspecified atom stereocenters. The summed E-state index contributed by atoms with van der Waals surface area (Å²) in [5.41, 5.74) is 1.54. The van der Waals surface area contributed by atoms with Gasteiger partial charge < -0.3 is 15.7 Å². The largest absolute Gasteiger partial charge is 0.480 e. The zero-order chi connectivity index (χ0) is 14.3. The molecule has 1 aromatic heterocycles. The number of carbonyl (C=O) groups excluding carboxylic acids is 2. The second-order valence-corrected chi connectivity index (χ2v) is 3.89. The third-order valence-corrected chi connectivity index (χ3v) is 2.33. The number of aromatic nitrogens is 1. The van der Waals surface area contributed by atoms with Gasteiger partial charge in [0.25, 0.3) is 0 Å². The number of hydrogen-bond donors (Lipinski definition) is 3. The SMILES string of the molecule is Cc1cccnc1CC(=O)NCC(=O)NCC(=O)O. The lowest BCUT2D eigenvalue weighted by atomic mass is 10.1. The van der Waals surface area contributed by atoms with Crippen LogP contribution in [-0.4, -0.2) is 41.0 Å². The Kier molecular flexibility index (Phi) is 5.46. The van der Waals surface area contributed by atoms with E-state index in [-0.39, 0.29) is 18.9 Å². The minimum atomic E-state index is -1.14. The average Bonchev–Trinajstić information content (AvgIpc) is 2.36. The van der Waals surface area contributed by atoms with E-state index in [4.69, 9.17) is 5.11 Å². The number of amides is 2. The fourth-order valence-corrected chi connectivity index (χ4v) is 1.33. The Balaban J connectivity index is 2.34. The van der Waals surface area contributed by atoms with Gasteiger partial charge in [-0.05, 0) is 18.6 Å². The first kappa shape index (κ1) is 14.6. The molecule has 1 aromatic rings. The van der Waals surface area contributed by atoms with Crippen LogP contribution in [0.1, 0.15) is 11.3 Å². The van der Waals surface area contributed by atoms with Gasteiger partial charge in [0.05, 0.1) is 18.7 Å². The van der Waals surface area contributed by atoms with Crippen molar-refractivity contribution in [2.24, 2.45) is 0 Å². The summed E-state index contributed by atoms with van der Waals surface area (Å²) in [6.07, 6.45) is 1.67. The zero-order valence-corrected chi connectivity index (χ0v) is 10.5. The second kappa shape index (κ2) is 7.10. The number of nitrogens with one attached hydrogen (secondary N) is 2. The number of aliphatic carboxylic acids is 1. The van der Waals surface area contributed by atoms with Gasteiger partial charge in [-0.2, -0.15) is 0 Å². The predicted octanol–water partition coefficient (Wildman–Crippen LogP) is -0.750. The van der Waals surface area contributed by atoms with Crippen molar-refractivity contribution in [1.82, 2.24) is 15.6 Å². The minimum Gasteiger partial charge on any atom is -0.480 e. The third kappa shape index (κ3) is 5.62. The monoisotopic (exact) mass is 265 g/mol. The number of rotatable bonds is 6. The van der Waals surface area contributed by atoms with Crippen LogP contribution < -0.4 is 10.6 Å². The molecule has 19 heavy (non-hydrogen) atoms. The summed E-state index contributed by atoms with van der Waals surface area (Å²) >= 11 is 0. The Hall–Kier alpha value is -2.44. The molecule has 0 aliphatic rings. The molecule has 0 bridgehead atoms. The first-order valence-electron chi connectivity index (χ1n) is 5.64. The zero-order valence-electron chi connectivity index (χ0n) is 10.5. The van der Waals surface area contributed by atoms with Gasteiger partial charge in [-0.1, -0.05) is 6.07 Å². The predicted molar refractivity (Wildman–Crippen MR) is 66.3 cm³/mol. The van der Waals surface area contributed by atoms with Crippen LogP contribution >= 0.6 is 0 Å². The van der Waals surface area contributed by atoms with E-state index >= 15 is 0 Å². The number of carboxylic acid groups (broad SMARTS) is 1. The molecule has 0 fully saturated rings. The number of aryl methyl sites for hydroxylation is 1. The highest BCUT2D eigenvalue weighted by atomic mass is 16.4. The van der Waals surface area contributed by atoms with E-state index in [1.54, 1.807) is 12.3 Å². The van der Waals surface area contributed by atoms with Gasteiger partial charge in [-0.3, -0.25) is 19.4 Å². The van der Waals surface area contributed by atoms with Gasteiger partial charge >= 0.3 is 5.97 Å². The molecular weight excluding hydrogens is 250 g/mol. The molecule has 0 spiro atoms. The molecule has 7 nitrogen and oxygen atoms in total. The number of nitrogens with zero attached hydrogens (tertiary/aromatic N) is 1. The molecule has 0 aromatic carbocycles. The van der Waals surface area contributed by atoms with Gasteiger partial charge in [0.1, 0.15) is 6.54 Å². The summed E-state index contributed by atoms with van der Waals surface area (Å²) in [6, 6.07) is 3.62. The van der Waals surface area contributed by atoms with Crippen LogP contribution in [0.3, 0.4) is 0 Å². The minimum absolute atomic E-state index is 0.0822. The molecule has 0 aliphatic carbocycles. The maximum Gasteiger partial charge on any atom is 0.322 e. The van der Waals surface area contributed by atoms with Crippen molar-refractivity contribution < 1.29 is 19.5 Å². The van der Waals surface area contributed by atoms with Gasteiger partial charge in [-0.15, -0.1) is 0 Å². The fourth-order valence-electron chi connectivity index (χ4n) is 1.33. The summed E-state index contributed by atoms with van der Waals surface area (Å²) < 4.78 is 0. The quantitative estimate of drug-likeness (QED) is 0.627. The molecule has 0 atom stereocenters. The van der Waals surface area contributed by atoms with Crippen LogP contribution in [0.15, 0.2) is 18.3 Å². The van der Waals surface area contributed by atoms with E-state index in [0.29, 0.717) is 5.69 Å². The third-order valence-electron chi connectivity index (χ3n) is 2.33. The standard InChI is InChI=1S/C12H15N3O4/c1-8-3-2-4-13-9(8)5-10(16)14-6-11(17)15-7-12(18)19/h2-4H,5-7H2,1H3,(H,14,16)(H,15,17)(H,18,19). The molecule has 7 heteroatoms. The van der Waals surface area contributed by atoms with Gasteiger partial charge in [-0.25, -0.2) is 0 Å². The van der Waals surface area contributed by atoms with Crippen LogP contribution in [0.2, 0.25) is 0 Å². The molecule has 0 radical (unpaired) electrons. The maximum absolute atomic E-state index is 11.6. The van der Waals surface area contributed by atoms with E-state index in [2.05, 4.69) is 15.6 Å². The first-order valence-corrected chi connectivity index (χ1v) is 5.64. The molecule has 1 rings (SSSR count). The van der Waals surface area contributed by atoms with Gasteiger partial charge in [0, 0.05) is 6.20 Å². The first-order chi connectivity index (χ1) is 8.99. The van der Waals surface area contributed by atoms with Crippen molar-refractivity contribution in [2.75, 3.05) is 13.1 Å². The summed E-state index contributed by atoms with van der Waals surface area (Å²) in [6.45, 7) is 1.13. The molecule has 102 valence electrons. The van der Waals surface area contributed by atoms with Gasteiger partial charge in [0.2, 0.25) is 11.8 Å². The average molecular weight is 265 g/mol. The van der Waals surface area contributed by atoms with Crippen molar-refractivity contribution >= 4 is 17.8 Å². The molecule has 0 saturated carbocycles. The van der Waals surface area contributed by atoms with Crippen molar-refractivity contribution in [2.45, 2.75) is 13.3 Å². The lowest BCUT2D eigenvalue weighted by Gasteiger charge is -2.06. The summed E-state index contributed by atoms with van der Waals surface area (Å²) in [4.78, 5) is 37.0. The highest BCUT2D eigenvalue weighted by molar-refractivity contribution is 5.87. The lowest BCUT2D eigenvalue weighted by molar-refractivity contribution is -0.137. The fraction of sp³-hybridized carbons (Fsp3) is 0.333. The molecule has 1 heterocycles. The molecule has 0 saturated heterocycles. The van der Waals surface area contributed by atoms with Crippen LogP contribution in [0.4, 0.5) is 0 Å². The Bertz CT molecular complexity index is 488. The normalized spacial score (nSPS) is 9.74. The molecule has 3 N–H and O–H groups in total.